The van der Waals surface area contributed by atoms with Crippen LogP contribution in [0.2, 0.25) is 0 Å². The van der Waals surface area contributed by atoms with Crippen molar-refractivity contribution in [1.29, 1.82) is 0 Å². The van der Waals surface area contributed by atoms with Crippen molar-refractivity contribution in [2.45, 2.75) is 12.3 Å². The zero-order valence-corrected chi connectivity index (χ0v) is 18.8. The Morgan fingerprint density at radius 3 is 2.71 bits per heavy atom. The number of ether oxygens (including phenoxy) is 5. The number of fused-ring (bicyclic) bond motifs is 4. The molecule has 0 saturated carbocycles. The highest BCUT2D eigenvalue weighted by Crippen LogP contribution is 2.52. The number of benzene rings is 2. The van der Waals surface area contributed by atoms with Gasteiger partial charge in [-0.25, -0.2) is 4.98 Å². The first kappa shape index (κ1) is 21.5. The summed E-state index contributed by atoms with van der Waals surface area (Å²) in [5.41, 5.74) is 2.38. The third kappa shape index (κ3) is 3.53. The molecule has 0 fully saturated rings. The lowest BCUT2D eigenvalue weighted by atomic mass is 9.85. The molecule has 0 unspecified atom stereocenters. The van der Waals surface area contributed by atoms with E-state index in [1.165, 1.54) is 7.11 Å². The van der Waals surface area contributed by atoms with Gasteiger partial charge in [0.15, 0.2) is 5.76 Å². The quantitative estimate of drug-likeness (QED) is 0.406. The van der Waals surface area contributed by atoms with Crippen molar-refractivity contribution in [3.63, 3.8) is 0 Å². The molecule has 1 atom stereocenters. The summed E-state index contributed by atoms with van der Waals surface area (Å²) in [7, 11) is 4.45. The molecule has 172 valence electrons. The van der Waals surface area contributed by atoms with Gasteiger partial charge < -0.3 is 23.7 Å². The van der Waals surface area contributed by atoms with Gasteiger partial charge in [-0.2, -0.15) is 0 Å². The van der Waals surface area contributed by atoms with Gasteiger partial charge in [0.2, 0.25) is 11.7 Å². The molecule has 2 aliphatic heterocycles. The first-order valence-corrected chi connectivity index (χ1v) is 10.6. The van der Waals surface area contributed by atoms with Crippen LogP contribution in [-0.2, 0) is 9.53 Å². The molecule has 0 N–H and O–H groups in total. The lowest BCUT2D eigenvalue weighted by Crippen LogP contribution is -2.16. The van der Waals surface area contributed by atoms with E-state index in [0.29, 0.717) is 45.6 Å². The van der Waals surface area contributed by atoms with Crippen molar-refractivity contribution in [2.24, 2.45) is 0 Å². The van der Waals surface area contributed by atoms with E-state index in [9.17, 15) is 9.59 Å². The van der Waals surface area contributed by atoms with Crippen LogP contribution >= 0.6 is 0 Å². The van der Waals surface area contributed by atoms with Gasteiger partial charge >= 0.3 is 5.97 Å². The summed E-state index contributed by atoms with van der Waals surface area (Å²) in [5, 5.41) is 0. The second kappa shape index (κ2) is 8.55. The molecule has 0 saturated heterocycles. The summed E-state index contributed by atoms with van der Waals surface area (Å²) < 4.78 is 27.7. The van der Waals surface area contributed by atoms with E-state index in [0.717, 1.165) is 5.56 Å². The second-order valence-electron chi connectivity index (χ2n) is 7.73. The average Bonchev–Trinajstić information content (AvgIpc) is 3.18. The van der Waals surface area contributed by atoms with E-state index in [-0.39, 0.29) is 18.0 Å². The van der Waals surface area contributed by atoms with Crippen LogP contribution in [0.25, 0.3) is 6.08 Å². The Hall–Kier alpha value is -4.33. The fraction of sp³-hybridized carbons (Fsp3) is 0.192. The van der Waals surface area contributed by atoms with Crippen LogP contribution in [0, 0.1) is 0 Å². The first-order valence-electron chi connectivity index (χ1n) is 10.6. The largest absolute Gasteiger partial charge is 0.497 e. The minimum Gasteiger partial charge on any atom is -0.497 e. The number of rotatable bonds is 5. The Labute approximate surface area is 195 Å². The van der Waals surface area contributed by atoms with Crippen molar-refractivity contribution in [3.05, 3.63) is 76.7 Å². The van der Waals surface area contributed by atoms with Crippen molar-refractivity contribution < 1.29 is 33.3 Å². The summed E-state index contributed by atoms with van der Waals surface area (Å²) in [6.07, 6.45) is 3.29. The monoisotopic (exact) mass is 459 g/mol. The Morgan fingerprint density at radius 1 is 1.09 bits per heavy atom. The molecule has 0 radical (unpaired) electrons. The Kier molecular flexibility index (Phi) is 5.41. The Morgan fingerprint density at radius 2 is 1.94 bits per heavy atom. The van der Waals surface area contributed by atoms with Crippen molar-refractivity contribution in [2.75, 3.05) is 21.3 Å². The van der Waals surface area contributed by atoms with E-state index in [4.69, 9.17) is 23.7 Å². The molecule has 2 aromatic carbocycles. The SMILES string of the molecule is COC(=O)C[C@@H]1c2cccnc2Oc2ccc3c(c21)O/C(=C\c1ccc(OC)cc1OC)C3=O. The van der Waals surface area contributed by atoms with Crippen LogP contribution < -0.4 is 18.9 Å². The van der Waals surface area contributed by atoms with E-state index in [2.05, 4.69) is 4.98 Å². The Balaban J connectivity index is 1.60. The van der Waals surface area contributed by atoms with Gasteiger partial charge in [-0.15, -0.1) is 0 Å². The van der Waals surface area contributed by atoms with Crippen molar-refractivity contribution >= 4 is 17.8 Å². The predicted octanol–water partition coefficient (Wildman–Crippen LogP) is 4.52. The maximum atomic E-state index is 13.2. The molecular formula is C26H21NO7. The fourth-order valence-electron chi connectivity index (χ4n) is 4.23. The number of methoxy groups -OCH3 is 3. The molecular weight excluding hydrogens is 438 g/mol. The highest BCUT2D eigenvalue weighted by Gasteiger charge is 2.39. The highest BCUT2D eigenvalue weighted by molar-refractivity contribution is 6.15. The van der Waals surface area contributed by atoms with E-state index in [1.54, 1.807) is 62.9 Å². The number of ketones is 1. The number of aromatic nitrogens is 1. The summed E-state index contributed by atoms with van der Waals surface area (Å²) in [6.45, 7) is 0. The van der Waals surface area contributed by atoms with Gasteiger partial charge in [0.05, 0.1) is 33.3 Å². The van der Waals surface area contributed by atoms with Crippen LogP contribution in [0.1, 0.15) is 39.4 Å². The molecule has 0 spiro atoms. The smallest absolute Gasteiger partial charge is 0.306 e. The summed E-state index contributed by atoms with van der Waals surface area (Å²) in [4.78, 5) is 29.8. The minimum absolute atomic E-state index is 0.0465. The van der Waals surface area contributed by atoms with Gasteiger partial charge in [-0.05, 0) is 36.4 Å². The molecule has 1 aromatic heterocycles. The van der Waals surface area contributed by atoms with Crippen LogP contribution in [-0.4, -0.2) is 38.1 Å². The number of esters is 1. The van der Waals surface area contributed by atoms with Crippen LogP contribution in [0.5, 0.6) is 28.9 Å². The van der Waals surface area contributed by atoms with Gasteiger partial charge in [-0.3, -0.25) is 9.59 Å². The number of nitrogens with zero attached hydrogens (tertiary/aromatic N) is 1. The van der Waals surface area contributed by atoms with Crippen LogP contribution in [0.15, 0.2) is 54.4 Å². The van der Waals surface area contributed by atoms with E-state index in [1.807, 2.05) is 6.07 Å². The second-order valence-corrected chi connectivity index (χ2v) is 7.73. The Bertz CT molecular complexity index is 1340. The molecule has 34 heavy (non-hydrogen) atoms. The van der Waals surface area contributed by atoms with Gasteiger partial charge in [0.25, 0.3) is 0 Å². The lowest BCUT2D eigenvalue weighted by Gasteiger charge is -2.27. The normalized spacial score (nSPS) is 16.6. The number of Topliss-reactive ketones (excluding diaryl/α,β-unsaturated/α-hetero) is 1. The molecule has 8 nitrogen and oxygen atoms in total. The fourth-order valence-corrected chi connectivity index (χ4v) is 4.23. The molecule has 8 heteroatoms. The molecule has 3 aromatic rings. The van der Waals surface area contributed by atoms with Crippen molar-refractivity contribution in [1.82, 2.24) is 4.98 Å². The number of pyridine rings is 1. The van der Waals surface area contributed by atoms with Gasteiger partial charge in [-0.1, -0.05) is 6.07 Å². The van der Waals surface area contributed by atoms with Gasteiger partial charge in [0.1, 0.15) is 23.0 Å². The topological polar surface area (TPSA) is 93.2 Å². The summed E-state index contributed by atoms with van der Waals surface area (Å²) in [6, 6.07) is 12.3. The molecule has 0 aliphatic carbocycles. The van der Waals surface area contributed by atoms with E-state index < -0.39 is 11.9 Å². The summed E-state index contributed by atoms with van der Waals surface area (Å²) in [5.74, 6) is 1.45. The predicted molar refractivity (Wildman–Crippen MR) is 122 cm³/mol. The van der Waals surface area contributed by atoms with Gasteiger partial charge in [0, 0.05) is 34.9 Å². The third-order valence-corrected chi connectivity index (χ3v) is 5.89. The molecule has 5 rings (SSSR count). The summed E-state index contributed by atoms with van der Waals surface area (Å²) >= 11 is 0. The highest BCUT2D eigenvalue weighted by atomic mass is 16.5. The average molecular weight is 459 g/mol. The van der Waals surface area contributed by atoms with Crippen LogP contribution in [0.4, 0.5) is 0 Å². The first-order chi connectivity index (χ1) is 16.5. The standard InChI is InChI=1S/C26H21NO7/c1-30-15-7-6-14(20(12-15)31-2)11-21-24(29)17-8-9-19-23(25(17)33-21)18(13-22(28)32-3)16-5-4-10-27-26(16)34-19/h4-12,18H,13H2,1-3H3/b21-11-/t18-/m1/s1. The van der Waals surface area contributed by atoms with E-state index >= 15 is 0 Å². The lowest BCUT2D eigenvalue weighted by molar-refractivity contribution is -0.140. The maximum absolute atomic E-state index is 13.2. The number of carbonyl (C=O) groups is 2. The number of hydrogen-bond acceptors (Lipinski definition) is 8. The molecule has 3 heterocycles. The maximum Gasteiger partial charge on any atom is 0.306 e. The zero-order valence-electron chi connectivity index (χ0n) is 18.8. The molecule has 0 amide bonds. The number of carbonyl (C=O) groups excluding carboxylic acids is 2. The van der Waals surface area contributed by atoms with Crippen LogP contribution in [0.3, 0.4) is 0 Å². The van der Waals surface area contributed by atoms with Crippen molar-refractivity contribution in [3.8, 4) is 28.9 Å². The zero-order chi connectivity index (χ0) is 23.8. The molecule has 0 bridgehead atoms. The number of allylic oxidation sites excluding steroid dienone is 1. The minimum atomic E-state index is -0.447. The molecule has 2 aliphatic rings. The number of hydrogen-bond donors (Lipinski definition) is 0. The third-order valence-electron chi connectivity index (χ3n) is 5.89.